The van der Waals surface area contributed by atoms with Gasteiger partial charge in [-0.2, -0.15) is 10.2 Å². The van der Waals surface area contributed by atoms with Gasteiger partial charge in [-0.25, -0.2) is 4.79 Å². The first kappa shape index (κ1) is 31.1. The van der Waals surface area contributed by atoms with Crippen molar-refractivity contribution in [3.05, 3.63) is 61.2 Å². The summed E-state index contributed by atoms with van der Waals surface area (Å²) in [6.07, 6.45) is 16.5. The van der Waals surface area contributed by atoms with E-state index in [1.807, 2.05) is 48.5 Å². The lowest BCUT2D eigenvalue weighted by molar-refractivity contribution is -0.137. The molecule has 6 heteroatoms. The Labute approximate surface area is 229 Å². The zero-order chi connectivity index (χ0) is 27.1. The number of hydrogen-bond acceptors (Lipinski definition) is 6. The molecule has 0 N–H and O–H groups in total. The second-order valence-electron chi connectivity index (χ2n) is 9.50. The number of rotatable bonds is 22. The highest BCUT2D eigenvalue weighted by Gasteiger charge is 1.99. The molecular weight excluding hydrogens is 476 g/mol. The van der Waals surface area contributed by atoms with Crippen LogP contribution < -0.4 is 9.47 Å². The van der Waals surface area contributed by atoms with Gasteiger partial charge in [0.1, 0.15) is 11.5 Å². The molecule has 0 unspecified atom stereocenters. The number of benzene rings is 2. The highest BCUT2D eigenvalue weighted by Crippen LogP contribution is 2.23. The second kappa shape index (κ2) is 20.9. The molecule has 0 fully saturated rings. The van der Waals surface area contributed by atoms with E-state index in [1.165, 1.54) is 63.9 Å². The van der Waals surface area contributed by atoms with Gasteiger partial charge in [0.2, 0.25) is 0 Å². The highest BCUT2D eigenvalue weighted by atomic mass is 16.5. The monoisotopic (exact) mass is 522 g/mol. The maximum Gasteiger partial charge on any atom is 0.330 e. The van der Waals surface area contributed by atoms with Crippen LogP contribution in [-0.4, -0.2) is 25.8 Å². The van der Waals surface area contributed by atoms with Crippen molar-refractivity contribution < 1.29 is 19.0 Å². The number of carbonyl (C=O) groups excluding carboxylic acids is 1. The molecule has 0 radical (unpaired) electrons. The van der Waals surface area contributed by atoms with Gasteiger partial charge in [-0.05, 0) is 67.8 Å². The maximum absolute atomic E-state index is 10.9. The average Bonchev–Trinajstić information content (AvgIpc) is 2.95. The van der Waals surface area contributed by atoms with Gasteiger partial charge >= 0.3 is 5.97 Å². The highest BCUT2D eigenvalue weighted by molar-refractivity contribution is 5.81. The summed E-state index contributed by atoms with van der Waals surface area (Å²) in [7, 11) is 0. The first-order chi connectivity index (χ1) is 18.7. The second-order valence-corrected chi connectivity index (χ2v) is 9.50. The molecule has 6 nitrogen and oxygen atoms in total. The fourth-order valence-corrected chi connectivity index (χ4v) is 3.92. The van der Waals surface area contributed by atoms with E-state index in [1.54, 1.807) is 0 Å². The van der Waals surface area contributed by atoms with E-state index in [4.69, 9.17) is 14.2 Å². The molecular formula is C32H46N2O4. The van der Waals surface area contributed by atoms with E-state index in [9.17, 15) is 4.79 Å². The number of ether oxygens (including phenoxy) is 3. The van der Waals surface area contributed by atoms with Crippen molar-refractivity contribution in [2.24, 2.45) is 10.2 Å². The Morgan fingerprint density at radius 2 is 1.03 bits per heavy atom. The normalized spacial score (nSPS) is 11.0. The predicted molar refractivity (Wildman–Crippen MR) is 155 cm³/mol. The molecule has 0 saturated carbocycles. The minimum absolute atomic E-state index is 0.329. The lowest BCUT2D eigenvalue weighted by Crippen LogP contribution is -2.01. The van der Waals surface area contributed by atoms with E-state index >= 15 is 0 Å². The lowest BCUT2D eigenvalue weighted by atomic mass is 10.1. The first-order valence-corrected chi connectivity index (χ1v) is 14.4. The van der Waals surface area contributed by atoms with Crippen molar-refractivity contribution in [2.45, 2.75) is 90.4 Å². The standard InChI is InChI=1S/C32H46N2O4/c1-3-5-6-14-25-36-30-21-17-28(18-22-30)33-34-29-19-23-31(24-20-29)37-26-15-12-10-8-7-9-11-13-16-27-38-32(35)4-2/h4,17-24H,2-3,5-16,25-27H2,1H3. The van der Waals surface area contributed by atoms with E-state index in [-0.39, 0.29) is 5.97 Å². The van der Waals surface area contributed by atoms with Gasteiger partial charge in [0.05, 0.1) is 31.2 Å². The summed E-state index contributed by atoms with van der Waals surface area (Å²) in [5.74, 6) is 1.41. The van der Waals surface area contributed by atoms with Gasteiger partial charge in [-0.15, -0.1) is 0 Å². The van der Waals surface area contributed by atoms with Crippen molar-refractivity contribution >= 4 is 17.3 Å². The number of unbranched alkanes of at least 4 members (excludes halogenated alkanes) is 11. The van der Waals surface area contributed by atoms with Crippen molar-refractivity contribution in [2.75, 3.05) is 19.8 Å². The van der Waals surface area contributed by atoms with Crippen LogP contribution in [0.4, 0.5) is 11.4 Å². The first-order valence-electron chi connectivity index (χ1n) is 14.4. The molecule has 0 amide bonds. The summed E-state index contributed by atoms with van der Waals surface area (Å²) >= 11 is 0. The third-order valence-corrected chi connectivity index (χ3v) is 6.19. The third-order valence-electron chi connectivity index (χ3n) is 6.19. The number of azo groups is 1. The number of carbonyl (C=O) groups is 1. The topological polar surface area (TPSA) is 69.5 Å². The fourth-order valence-electron chi connectivity index (χ4n) is 3.92. The molecule has 0 atom stereocenters. The number of hydrogen-bond donors (Lipinski definition) is 0. The molecule has 0 spiro atoms. The molecule has 0 aliphatic carbocycles. The van der Waals surface area contributed by atoms with E-state index in [0.717, 1.165) is 61.8 Å². The van der Waals surface area contributed by atoms with Crippen LogP contribution in [0.2, 0.25) is 0 Å². The number of nitrogens with zero attached hydrogens (tertiary/aromatic N) is 2. The predicted octanol–water partition coefficient (Wildman–Crippen LogP) is 9.68. The third kappa shape index (κ3) is 15.2. The molecule has 208 valence electrons. The molecule has 2 rings (SSSR count). The van der Waals surface area contributed by atoms with Gasteiger partial charge in [-0.1, -0.05) is 77.7 Å². The Morgan fingerprint density at radius 1 is 0.632 bits per heavy atom. The summed E-state index contributed by atoms with van der Waals surface area (Å²) in [5, 5.41) is 8.65. The summed E-state index contributed by atoms with van der Waals surface area (Å²) in [6.45, 7) is 7.60. The molecule has 0 heterocycles. The molecule has 0 saturated heterocycles. The Bertz CT molecular complexity index is 910. The van der Waals surface area contributed by atoms with Crippen molar-refractivity contribution in [3.63, 3.8) is 0 Å². The molecule has 0 aromatic heterocycles. The van der Waals surface area contributed by atoms with Gasteiger partial charge < -0.3 is 14.2 Å². The SMILES string of the molecule is C=CC(=O)OCCCCCCCCCCCOc1ccc(N=Nc2ccc(OCCCCCC)cc2)cc1. The zero-order valence-electron chi connectivity index (χ0n) is 23.2. The van der Waals surface area contributed by atoms with Gasteiger partial charge in [-0.3, -0.25) is 0 Å². The fraction of sp³-hybridized carbons (Fsp3) is 0.531. The molecule has 0 aliphatic rings. The van der Waals surface area contributed by atoms with Crippen molar-refractivity contribution in [1.29, 1.82) is 0 Å². The van der Waals surface area contributed by atoms with Gasteiger partial charge in [0.25, 0.3) is 0 Å². The van der Waals surface area contributed by atoms with Crippen LogP contribution in [0.3, 0.4) is 0 Å². The van der Waals surface area contributed by atoms with E-state index < -0.39 is 0 Å². The van der Waals surface area contributed by atoms with Crippen LogP contribution in [0.15, 0.2) is 71.4 Å². The van der Waals surface area contributed by atoms with Crippen LogP contribution in [0.5, 0.6) is 11.5 Å². The largest absolute Gasteiger partial charge is 0.494 e. The average molecular weight is 523 g/mol. The maximum atomic E-state index is 10.9. The molecule has 0 bridgehead atoms. The Morgan fingerprint density at radius 3 is 1.45 bits per heavy atom. The van der Waals surface area contributed by atoms with E-state index in [2.05, 4.69) is 23.7 Å². The van der Waals surface area contributed by atoms with Crippen LogP contribution in [-0.2, 0) is 9.53 Å². The lowest BCUT2D eigenvalue weighted by Gasteiger charge is -2.06. The Balaban J connectivity index is 1.49. The Kier molecular flexibility index (Phi) is 17.1. The van der Waals surface area contributed by atoms with Gasteiger partial charge in [0, 0.05) is 6.08 Å². The van der Waals surface area contributed by atoms with Crippen LogP contribution in [0.25, 0.3) is 0 Å². The molecule has 0 aliphatic heterocycles. The van der Waals surface area contributed by atoms with Crippen LogP contribution in [0.1, 0.15) is 90.4 Å². The van der Waals surface area contributed by atoms with Crippen LogP contribution >= 0.6 is 0 Å². The summed E-state index contributed by atoms with van der Waals surface area (Å²) in [4.78, 5) is 10.9. The zero-order valence-corrected chi connectivity index (χ0v) is 23.2. The summed E-state index contributed by atoms with van der Waals surface area (Å²) < 4.78 is 16.6. The number of esters is 1. The summed E-state index contributed by atoms with van der Waals surface area (Å²) in [6, 6.07) is 15.5. The summed E-state index contributed by atoms with van der Waals surface area (Å²) in [5.41, 5.74) is 1.60. The van der Waals surface area contributed by atoms with Crippen molar-refractivity contribution in [1.82, 2.24) is 0 Å². The molecule has 38 heavy (non-hydrogen) atoms. The molecule has 2 aromatic carbocycles. The van der Waals surface area contributed by atoms with Crippen molar-refractivity contribution in [3.8, 4) is 11.5 Å². The Hall–Kier alpha value is -3.15. The van der Waals surface area contributed by atoms with Gasteiger partial charge in [0.15, 0.2) is 0 Å². The minimum Gasteiger partial charge on any atom is -0.494 e. The smallest absolute Gasteiger partial charge is 0.330 e. The minimum atomic E-state index is -0.329. The molecule has 2 aromatic rings. The quantitative estimate of drug-likeness (QED) is 0.0668. The van der Waals surface area contributed by atoms with E-state index in [0.29, 0.717) is 6.61 Å². The van der Waals surface area contributed by atoms with Crippen LogP contribution in [0, 0.1) is 0 Å².